The Morgan fingerprint density at radius 2 is 1.82 bits per heavy atom. The smallest absolute Gasteiger partial charge is 0.159 e. The molecule has 0 saturated heterocycles. The van der Waals surface area contributed by atoms with Crippen molar-refractivity contribution < 1.29 is 13.2 Å². The highest BCUT2D eigenvalue weighted by atomic mass is 32.2. The van der Waals surface area contributed by atoms with Crippen LogP contribution < -0.4 is 0 Å². The van der Waals surface area contributed by atoms with Gasteiger partial charge in [0.15, 0.2) is 9.84 Å². The Labute approximate surface area is 67.7 Å². The van der Waals surface area contributed by atoms with Gasteiger partial charge in [-0.2, -0.15) is 0 Å². The number of sulfone groups is 1. The molecule has 0 amide bonds. The van der Waals surface area contributed by atoms with E-state index in [4.69, 9.17) is 0 Å². The predicted octanol–water partition coefficient (Wildman–Crippen LogP) is 0.789. The Kier molecular flexibility index (Phi) is 3.72. The maximum Gasteiger partial charge on any atom is 0.159 e. The van der Waals surface area contributed by atoms with E-state index >= 15 is 0 Å². The molecule has 4 heteroatoms. The van der Waals surface area contributed by atoms with Crippen molar-refractivity contribution >= 4 is 15.6 Å². The molecule has 0 radical (unpaired) electrons. The van der Waals surface area contributed by atoms with E-state index in [0.29, 0.717) is 6.42 Å². The topological polar surface area (TPSA) is 51.2 Å². The van der Waals surface area contributed by atoms with Crippen molar-refractivity contribution in [3.05, 3.63) is 0 Å². The molecule has 0 aromatic heterocycles. The third kappa shape index (κ3) is 2.61. The monoisotopic (exact) mass is 178 g/mol. The molecule has 0 spiro atoms. The van der Waals surface area contributed by atoms with E-state index in [1.54, 1.807) is 13.8 Å². The highest BCUT2D eigenvalue weighted by molar-refractivity contribution is 7.92. The Morgan fingerprint density at radius 3 is 1.91 bits per heavy atom. The maximum absolute atomic E-state index is 11.2. The van der Waals surface area contributed by atoms with Gasteiger partial charge >= 0.3 is 0 Å². The standard InChI is InChI=1S/C7H14O3S/c1-4-7(6(3)8)11(9,10)5-2/h7H,4-5H2,1-3H3. The van der Waals surface area contributed by atoms with Crippen LogP contribution in [0.5, 0.6) is 0 Å². The fourth-order valence-electron chi connectivity index (χ4n) is 0.995. The van der Waals surface area contributed by atoms with Crippen molar-refractivity contribution in [3.8, 4) is 0 Å². The summed E-state index contributed by atoms with van der Waals surface area (Å²) in [4.78, 5) is 10.8. The molecule has 0 saturated carbocycles. The number of hydrogen-bond acceptors (Lipinski definition) is 3. The van der Waals surface area contributed by atoms with Gasteiger partial charge in [-0.25, -0.2) is 8.42 Å². The molecular weight excluding hydrogens is 164 g/mol. The zero-order chi connectivity index (χ0) is 9.07. The predicted molar refractivity (Wildman–Crippen MR) is 44.2 cm³/mol. The number of Topliss-reactive ketones (excluding diaryl/α,β-unsaturated/α-hetero) is 1. The second kappa shape index (κ2) is 3.85. The molecule has 0 N–H and O–H groups in total. The van der Waals surface area contributed by atoms with Crippen molar-refractivity contribution in [1.29, 1.82) is 0 Å². The van der Waals surface area contributed by atoms with Crippen molar-refractivity contribution in [2.75, 3.05) is 5.75 Å². The second-order valence-electron chi connectivity index (χ2n) is 2.46. The van der Waals surface area contributed by atoms with Gasteiger partial charge in [-0.1, -0.05) is 13.8 Å². The van der Waals surface area contributed by atoms with Gasteiger partial charge in [0.2, 0.25) is 0 Å². The molecule has 0 aliphatic rings. The number of carbonyl (C=O) groups excluding carboxylic acids is 1. The molecule has 66 valence electrons. The molecule has 0 bridgehead atoms. The van der Waals surface area contributed by atoms with Crippen LogP contribution in [-0.4, -0.2) is 25.2 Å². The quantitative estimate of drug-likeness (QED) is 0.639. The largest absolute Gasteiger partial charge is 0.299 e. The van der Waals surface area contributed by atoms with Crippen LogP contribution in [0.1, 0.15) is 27.2 Å². The molecule has 0 aliphatic heterocycles. The Balaban J connectivity index is 4.65. The van der Waals surface area contributed by atoms with Crippen LogP contribution in [0, 0.1) is 0 Å². The minimum atomic E-state index is -3.16. The van der Waals surface area contributed by atoms with Crippen LogP contribution in [0.2, 0.25) is 0 Å². The van der Waals surface area contributed by atoms with E-state index in [1.807, 2.05) is 0 Å². The van der Waals surface area contributed by atoms with Gasteiger partial charge in [-0.15, -0.1) is 0 Å². The van der Waals surface area contributed by atoms with Crippen LogP contribution in [-0.2, 0) is 14.6 Å². The van der Waals surface area contributed by atoms with E-state index in [1.165, 1.54) is 6.92 Å². The van der Waals surface area contributed by atoms with E-state index in [-0.39, 0.29) is 11.5 Å². The molecule has 11 heavy (non-hydrogen) atoms. The third-order valence-electron chi connectivity index (χ3n) is 1.66. The average Bonchev–Trinajstić information content (AvgIpc) is 1.88. The molecule has 0 fully saturated rings. The van der Waals surface area contributed by atoms with Gasteiger partial charge in [0.25, 0.3) is 0 Å². The van der Waals surface area contributed by atoms with Crippen LogP contribution in [0.15, 0.2) is 0 Å². The lowest BCUT2D eigenvalue weighted by atomic mass is 10.2. The lowest BCUT2D eigenvalue weighted by Gasteiger charge is -2.09. The zero-order valence-corrected chi connectivity index (χ0v) is 7.94. The lowest BCUT2D eigenvalue weighted by Crippen LogP contribution is -2.29. The minimum Gasteiger partial charge on any atom is -0.299 e. The number of carbonyl (C=O) groups is 1. The van der Waals surface area contributed by atoms with E-state index in [0.717, 1.165) is 0 Å². The summed E-state index contributed by atoms with van der Waals surface area (Å²) in [6.07, 6.45) is 0.380. The first-order chi connectivity index (χ1) is 4.95. The summed E-state index contributed by atoms with van der Waals surface area (Å²) in [6, 6.07) is 0. The first-order valence-corrected chi connectivity index (χ1v) is 5.39. The molecule has 0 heterocycles. The van der Waals surface area contributed by atoms with Crippen molar-refractivity contribution in [3.63, 3.8) is 0 Å². The highest BCUT2D eigenvalue weighted by Crippen LogP contribution is 2.07. The molecule has 0 aromatic carbocycles. The first-order valence-electron chi connectivity index (χ1n) is 3.67. The highest BCUT2D eigenvalue weighted by Gasteiger charge is 2.25. The van der Waals surface area contributed by atoms with Crippen LogP contribution in [0.25, 0.3) is 0 Å². The second-order valence-corrected chi connectivity index (χ2v) is 4.93. The normalized spacial score (nSPS) is 14.5. The first kappa shape index (κ1) is 10.6. The Bertz CT molecular complexity index is 228. The van der Waals surface area contributed by atoms with Crippen LogP contribution >= 0.6 is 0 Å². The SMILES string of the molecule is CCC(C(C)=O)S(=O)(=O)CC. The minimum absolute atomic E-state index is 0.0467. The summed E-state index contributed by atoms with van der Waals surface area (Å²) in [5, 5.41) is -0.785. The summed E-state index contributed by atoms with van der Waals surface area (Å²) < 4.78 is 22.3. The Morgan fingerprint density at radius 1 is 1.36 bits per heavy atom. The summed E-state index contributed by atoms with van der Waals surface area (Å²) in [5.74, 6) is -0.209. The number of hydrogen-bond donors (Lipinski definition) is 0. The maximum atomic E-state index is 11.2. The van der Waals surface area contributed by atoms with Gasteiger partial charge in [-0.05, 0) is 13.3 Å². The molecular formula is C7H14O3S. The summed E-state index contributed by atoms with van der Waals surface area (Å²) in [6.45, 7) is 4.58. The van der Waals surface area contributed by atoms with Gasteiger partial charge in [-0.3, -0.25) is 4.79 Å². The molecule has 0 aromatic rings. The van der Waals surface area contributed by atoms with E-state index in [2.05, 4.69) is 0 Å². The summed E-state index contributed by atoms with van der Waals surface area (Å²) in [5.41, 5.74) is 0. The summed E-state index contributed by atoms with van der Waals surface area (Å²) >= 11 is 0. The van der Waals surface area contributed by atoms with Gasteiger partial charge in [0.05, 0.1) is 0 Å². The fourth-order valence-corrected chi connectivity index (χ4v) is 2.41. The molecule has 0 aliphatic carbocycles. The zero-order valence-electron chi connectivity index (χ0n) is 7.12. The molecule has 3 nitrogen and oxygen atoms in total. The van der Waals surface area contributed by atoms with Gasteiger partial charge in [0, 0.05) is 5.75 Å². The fraction of sp³-hybridized carbons (Fsp3) is 0.857. The van der Waals surface area contributed by atoms with Crippen molar-refractivity contribution in [2.45, 2.75) is 32.4 Å². The number of ketones is 1. The number of rotatable bonds is 4. The molecule has 1 atom stereocenters. The van der Waals surface area contributed by atoms with Crippen molar-refractivity contribution in [1.82, 2.24) is 0 Å². The van der Waals surface area contributed by atoms with E-state index < -0.39 is 15.1 Å². The van der Waals surface area contributed by atoms with Gasteiger partial charge < -0.3 is 0 Å². The van der Waals surface area contributed by atoms with E-state index in [9.17, 15) is 13.2 Å². The molecule has 0 rings (SSSR count). The van der Waals surface area contributed by atoms with Crippen molar-refractivity contribution in [2.24, 2.45) is 0 Å². The molecule has 1 unspecified atom stereocenters. The lowest BCUT2D eigenvalue weighted by molar-refractivity contribution is -0.116. The third-order valence-corrected chi connectivity index (χ3v) is 4.00. The van der Waals surface area contributed by atoms with Crippen LogP contribution in [0.4, 0.5) is 0 Å². The Hall–Kier alpha value is -0.380. The average molecular weight is 178 g/mol. The van der Waals surface area contributed by atoms with Crippen LogP contribution in [0.3, 0.4) is 0 Å². The van der Waals surface area contributed by atoms with Gasteiger partial charge in [0.1, 0.15) is 11.0 Å². The summed E-state index contributed by atoms with van der Waals surface area (Å²) in [7, 11) is -3.16.